The average molecular weight is 342 g/mol. The van der Waals surface area contributed by atoms with Gasteiger partial charge in [0, 0.05) is 0 Å². The first-order valence-corrected chi connectivity index (χ1v) is 6.37. The SMILES string of the molecule is Cc1cc(I)c(F)c(OCc2ccccc2)c1. The lowest BCUT2D eigenvalue weighted by atomic mass is 10.2. The Balaban J connectivity index is 2.14. The van der Waals surface area contributed by atoms with Crippen LogP contribution in [-0.4, -0.2) is 0 Å². The van der Waals surface area contributed by atoms with Crippen LogP contribution >= 0.6 is 22.6 Å². The molecular weight excluding hydrogens is 330 g/mol. The van der Waals surface area contributed by atoms with Gasteiger partial charge in [-0.05, 0) is 52.8 Å². The predicted octanol–water partition coefficient (Wildman–Crippen LogP) is 4.32. The minimum Gasteiger partial charge on any atom is -0.486 e. The molecular formula is C14H12FIO. The fraction of sp³-hybridized carbons (Fsp3) is 0.143. The second-order valence-electron chi connectivity index (χ2n) is 3.83. The standard InChI is InChI=1S/C14H12FIO/c1-10-7-12(16)14(15)13(8-10)17-9-11-5-3-2-4-6-11/h2-8H,9H2,1H3. The summed E-state index contributed by atoms with van der Waals surface area (Å²) in [5.41, 5.74) is 2.03. The molecule has 0 atom stereocenters. The van der Waals surface area contributed by atoms with Crippen molar-refractivity contribution >= 4 is 22.6 Å². The number of halogens is 2. The van der Waals surface area contributed by atoms with E-state index in [0.29, 0.717) is 15.9 Å². The summed E-state index contributed by atoms with van der Waals surface area (Å²) in [6.45, 7) is 2.31. The Labute approximate surface area is 114 Å². The van der Waals surface area contributed by atoms with Gasteiger partial charge >= 0.3 is 0 Å². The lowest BCUT2D eigenvalue weighted by molar-refractivity contribution is 0.289. The minimum atomic E-state index is -0.285. The number of hydrogen-bond donors (Lipinski definition) is 0. The Morgan fingerprint density at radius 3 is 2.59 bits per heavy atom. The van der Waals surface area contributed by atoms with E-state index in [1.54, 1.807) is 12.1 Å². The fourth-order valence-electron chi connectivity index (χ4n) is 1.53. The highest BCUT2D eigenvalue weighted by Gasteiger charge is 2.08. The molecule has 0 heterocycles. The maximum Gasteiger partial charge on any atom is 0.178 e. The van der Waals surface area contributed by atoms with E-state index in [-0.39, 0.29) is 5.82 Å². The van der Waals surface area contributed by atoms with E-state index in [9.17, 15) is 4.39 Å². The van der Waals surface area contributed by atoms with Gasteiger partial charge in [0.05, 0.1) is 3.57 Å². The van der Waals surface area contributed by atoms with Gasteiger partial charge in [-0.2, -0.15) is 0 Å². The van der Waals surface area contributed by atoms with Crippen molar-refractivity contribution in [2.75, 3.05) is 0 Å². The third-order valence-electron chi connectivity index (χ3n) is 2.38. The van der Waals surface area contributed by atoms with Crippen molar-refractivity contribution in [1.29, 1.82) is 0 Å². The summed E-state index contributed by atoms with van der Waals surface area (Å²) in [5.74, 6) is 0.0328. The zero-order chi connectivity index (χ0) is 12.3. The van der Waals surface area contributed by atoms with Crippen molar-refractivity contribution in [1.82, 2.24) is 0 Å². The molecule has 0 aliphatic heterocycles. The first kappa shape index (κ1) is 12.4. The highest BCUT2D eigenvalue weighted by molar-refractivity contribution is 14.1. The van der Waals surface area contributed by atoms with Crippen molar-refractivity contribution in [3.8, 4) is 5.75 Å². The summed E-state index contributed by atoms with van der Waals surface area (Å²) in [6.07, 6.45) is 0. The lowest BCUT2D eigenvalue weighted by Crippen LogP contribution is -1.99. The molecule has 1 nitrogen and oxygen atoms in total. The zero-order valence-electron chi connectivity index (χ0n) is 9.41. The number of rotatable bonds is 3. The normalized spacial score (nSPS) is 10.3. The molecule has 0 aromatic heterocycles. The molecule has 0 amide bonds. The van der Waals surface area contributed by atoms with Crippen molar-refractivity contribution in [2.45, 2.75) is 13.5 Å². The fourth-order valence-corrected chi connectivity index (χ4v) is 2.29. The zero-order valence-corrected chi connectivity index (χ0v) is 11.6. The van der Waals surface area contributed by atoms with Crippen LogP contribution in [0.1, 0.15) is 11.1 Å². The number of aryl methyl sites for hydroxylation is 1. The smallest absolute Gasteiger partial charge is 0.178 e. The second kappa shape index (κ2) is 5.49. The van der Waals surface area contributed by atoms with Crippen LogP contribution in [-0.2, 0) is 6.61 Å². The molecule has 0 bridgehead atoms. The van der Waals surface area contributed by atoms with Gasteiger partial charge in [0.1, 0.15) is 6.61 Å². The molecule has 2 rings (SSSR count). The van der Waals surface area contributed by atoms with E-state index < -0.39 is 0 Å². The summed E-state index contributed by atoms with van der Waals surface area (Å²) in [4.78, 5) is 0. The van der Waals surface area contributed by atoms with Crippen LogP contribution in [0.4, 0.5) is 4.39 Å². The second-order valence-corrected chi connectivity index (χ2v) is 5.00. The van der Waals surface area contributed by atoms with E-state index >= 15 is 0 Å². The monoisotopic (exact) mass is 342 g/mol. The molecule has 2 aromatic rings. The summed E-state index contributed by atoms with van der Waals surface area (Å²) < 4.78 is 19.8. The largest absolute Gasteiger partial charge is 0.486 e. The van der Waals surface area contributed by atoms with Crippen LogP contribution in [0.15, 0.2) is 42.5 Å². The first-order chi connectivity index (χ1) is 8.16. The van der Waals surface area contributed by atoms with E-state index in [2.05, 4.69) is 0 Å². The molecule has 17 heavy (non-hydrogen) atoms. The third kappa shape index (κ3) is 3.19. The highest BCUT2D eigenvalue weighted by atomic mass is 127. The molecule has 3 heteroatoms. The Bertz CT molecular complexity index is 511. The predicted molar refractivity (Wildman–Crippen MR) is 74.6 cm³/mol. The summed E-state index contributed by atoms with van der Waals surface area (Å²) >= 11 is 1.97. The van der Waals surface area contributed by atoms with Gasteiger partial charge in [0.15, 0.2) is 11.6 Å². The number of ether oxygens (including phenoxy) is 1. The third-order valence-corrected chi connectivity index (χ3v) is 3.16. The van der Waals surface area contributed by atoms with Crippen molar-refractivity contribution < 1.29 is 9.13 Å². The molecule has 0 saturated heterocycles. The molecule has 0 spiro atoms. The van der Waals surface area contributed by atoms with Crippen LogP contribution in [0.3, 0.4) is 0 Å². The highest BCUT2D eigenvalue weighted by Crippen LogP contribution is 2.24. The maximum atomic E-state index is 13.8. The van der Waals surface area contributed by atoms with Gasteiger partial charge in [0.25, 0.3) is 0 Å². The molecule has 2 aromatic carbocycles. The van der Waals surface area contributed by atoms with Crippen LogP contribution in [0.5, 0.6) is 5.75 Å². The van der Waals surface area contributed by atoms with E-state index in [0.717, 1.165) is 11.1 Å². The molecule has 0 aliphatic carbocycles. The Kier molecular flexibility index (Phi) is 3.99. The van der Waals surface area contributed by atoms with Gasteiger partial charge in [-0.1, -0.05) is 30.3 Å². The molecule has 88 valence electrons. The number of benzene rings is 2. The Morgan fingerprint density at radius 1 is 1.18 bits per heavy atom. The van der Waals surface area contributed by atoms with Crippen molar-refractivity contribution in [3.63, 3.8) is 0 Å². The van der Waals surface area contributed by atoms with E-state index in [1.807, 2.05) is 59.8 Å². The molecule has 0 aliphatic rings. The first-order valence-electron chi connectivity index (χ1n) is 5.29. The van der Waals surface area contributed by atoms with Crippen LogP contribution < -0.4 is 4.74 Å². The summed E-state index contributed by atoms with van der Waals surface area (Å²) in [7, 11) is 0. The molecule has 0 unspecified atom stereocenters. The van der Waals surface area contributed by atoms with Gasteiger partial charge < -0.3 is 4.74 Å². The topological polar surface area (TPSA) is 9.23 Å². The van der Waals surface area contributed by atoms with Gasteiger partial charge in [-0.25, -0.2) is 4.39 Å². The van der Waals surface area contributed by atoms with Crippen LogP contribution in [0, 0.1) is 16.3 Å². The summed E-state index contributed by atoms with van der Waals surface area (Å²) in [5, 5.41) is 0. The molecule has 0 fully saturated rings. The van der Waals surface area contributed by atoms with Crippen molar-refractivity contribution in [3.05, 3.63) is 63.0 Å². The van der Waals surface area contributed by atoms with Gasteiger partial charge in [-0.3, -0.25) is 0 Å². The molecule has 0 radical (unpaired) electrons. The Hall–Kier alpha value is -1.10. The van der Waals surface area contributed by atoms with E-state index in [1.165, 1.54) is 0 Å². The lowest BCUT2D eigenvalue weighted by Gasteiger charge is -2.09. The van der Waals surface area contributed by atoms with Crippen molar-refractivity contribution in [2.24, 2.45) is 0 Å². The maximum absolute atomic E-state index is 13.8. The summed E-state index contributed by atoms with van der Waals surface area (Å²) in [6, 6.07) is 13.3. The average Bonchev–Trinajstić information content (AvgIpc) is 2.33. The Morgan fingerprint density at radius 2 is 1.88 bits per heavy atom. The van der Waals surface area contributed by atoms with Crippen LogP contribution in [0.2, 0.25) is 0 Å². The van der Waals surface area contributed by atoms with Gasteiger partial charge in [0.2, 0.25) is 0 Å². The van der Waals surface area contributed by atoms with Crippen LogP contribution in [0.25, 0.3) is 0 Å². The molecule has 0 N–H and O–H groups in total. The minimum absolute atomic E-state index is 0.285. The quantitative estimate of drug-likeness (QED) is 0.755. The molecule has 0 saturated carbocycles. The van der Waals surface area contributed by atoms with Gasteiger partial charge in [-0.15, -0.1) is 0 Å². The number of hydrogen-bond acceptors (Lipinski definition) is 1. The van der Waals surface area contributed by atoms with E-state index in [4.69, 9.17) is 4.74 Å².